The normalized spacial score (nSPS) is 16.1. The summed E-state index contributed by atoms with van der Waals surface area (Å²) < 4.78 is 87.8. The molecule has 150 valence electrons. The van der Waals surface area contributed by atoms with Crippen LogP contribution in [0.4, 0.5) is 0 Å². The molecule has 0 amide bonds. The molecule has 0 saturated heterocycles. The number of H-pyrrole nitrogens is 1. The van der Waals surface area contributed by atoms with Gasteiger partial charge in [0.15, 0.2) is 0 Å². The number of benzene rings is 5. The van der Waals surface area contributed by atoms with Gasteiger partial charge in [0.1, 0.15) is 0 Å². The highest BCUT2D eigenvalue weighted by molar-refractivity contribution is 6.28. The van der Waals surface area contributed by atoms with E-state index in [-0.39, 0.29) is 88.0 Å². The fourth-order valence-electron chi connectivity index (χ4n) is 4.37. The number of aromatic nitrogens is 2. The van der Waals surface area contributed by atoms with Gasteiger partial charge in [0.05, 0.1) is 24.7 Å². The summed E-state index contributed by atoms with van der Waals surface area (Å²) >= 11 is 0. The van der Waals surface area contributed by atoms with Crippen molar-refractivity contribution in [2.45, 2.75) is 0 Å². The SMILES string of the molecule is [2H]c1cccc(-c2c([2H])cc(-n3c4c([2H])cc([2H])c([2H])c4c4c5c([nH]c6c([2H])cc([2H])cc65)c([2H])c([2H])c43)cc2[2H])c1. The van der Waals surface area contributed by atoms with E-state index in [4.69, 9.17) is 13.7 Å². The minimum absolute atomic E-state index is 0.0173. The third kappa shape index (κ3) is 2.41. The van der Waals surface area contributed by atoms with Crippen LogP contribution >= 0.6 is 0 Å². The van der Waals surface area contributed by atoms with Crippen LogP contribution in [0.3, 0.4) is 0 Å². The third-order valence-corrected chi connectivity index (χ3v) is 5.75. The quantitative estimate of drug-likeness (QED) is 0.293. The van der Waals surface area contributed by atoms with Gasteiger partial charge in [0, 0.05) is 38.3 Å². The molecule has 0 aliphatic carbocycles. The molecule has 0 radical (unpaired) electrons. The van der Waals surface area contributed by atoms with E-state index in [2.05, 4.69) is 4.98 Å². The zero-order valence-electron chi connectivity index (χ0n) is 26.6. The maximum absolute atomic E-state index is 9.07. The van der Waals surface area contributed by atoms with Crippen LogP contribution in [-0.4, -0.2) is 9.55 Å². The smallest absolute Gasteiger partial charge is 0.0646 e. The molecule has 7 aromatic rings. The van der Waals surface area contributed by atoms with Crippen molar-refractivity contribution in [1.82, 2.24) is 9.55 Å². The molecule has 2 nitrogen and oxygen atoms in total. The Labute approximate surface area is 199 Å². The number of nitrogens with one attached hydrogen (secondary N) is 1. The second-order valence-corrected chi connectivity index (χ2v) is 7.52. The molecule has 0 fully saturated rings. The first-order valence-corrected chi connectivity index (χ1v) is 10.1. The summed E-state index contributed by atoms with van der Waals surface area (Å²) in [5, 5.41) is 1.39. The molecule has 0 unspecified atom stereocenters. The zero-order chi connectivity index (χ0) is 29.8. The number of fused-ring (bicyclic) bond motifs is 7. The van der Waals surface area contributed by atoms with E-state index in [1.807, 2.05) is 0 Å². The van der Waals surface area contributed by atoms with Gasteiger partial charge in [-0.25, -0.2) is 0 Å². The van der Waals surface area contributed by atoms with Gasteiger partial charge in [-0.3, -0.25) is 0 Å². The monoisotopic (exact) mass is 418 g/mol. The summed E-state index contributed by atoms with van der Waals surface area (Å²) in [7, 11) is 0. The minimum atomic E-state index is -0.229. The molecule has 2 heterocycles. The van der Waals surface area contributed by atoms with E-state index in [0.29, 0.717) is 32.8 Å². The predicted octanol–water partition coefficient (Wildman–Crippen LogP) is 8.09. The van der Waals surface area contributed by atoms with E-state index in [0.717, 1.165) is 0 Å². The number of rotatable bonds is 2. The lowest BCUT2D eigenvalue weighted by atomic mass is 10.1. The van der Waals surface area contributed by atoms with Gasteiger partial charge >= 0.3 is 0 Å². The molecule has 0 aliphatic heterocycles. The topological polar surface area (TPSA) is 20.7 Å². The summed E-state index contributed by atoms with van der Waals surface area (Å²) in [6.45, 7) is 0. The molecule has 0 saturated carbocycles. The summed E-state index contributed by atoms with van der Waals surface area (Å²) in [4.78, 5) is 3.07. The molecule has 0 bridgehead atoms. The molecule has 7 rings (SSSR count). The summed E-state index contributed by atoms with van der Waals surface area (Å²) in [5.41, 5.74) is 2.08. The second kappa shape index (κ2) is 6.60. The summed E-state index contributed by atoms with van der Waals surface area (Å²) in [6, 6.07) is 13.1. The van der Waals surface area contributed by atoms with Crippen molar-refractivity contribution in [3.8, 4) is 16.8 Å². The molecule has 1 N–H and O–H groups in total. The van der Waals surface area contributed by atoms with Crippen molar-refractivity contribution in [2.24, 2.45) is 0 Å². The van der Waals surface area contributed by atoms with Crippen LogP contribution in [0.5, 0.6) is 0 Å². The molecular weight excluding hydrogens is 388 g/mol. The van der Waals surface area contributed by atoms with Crippen molar-refractivity contribution in [3.63, 3.8) is 0 Å². The number of aromatic amines is 1. The van der Waals surface area contributed by atoms with Crippen LogP contribution < -0.4 is 0 Å². The number of nitrogens with zero attached hydrogens (tertiary/aromatic N) is 1. The van der Waals surface area contributed by atoms with E-state index in [9.17, 15) is 0 Å². The second-order valence-electron chi connectivity index (χ2n) is 7.52. The summed E-state index contributed by atoms with van der Waals surface area (Å²) in [6.07, 6.45) is 0. The Kier molecular flexibility index (Phi) is 2.13. The van der Waals surface area contributed by atoms with Crippen LogP contribution in [-0.2, 0) is 0 Å². The first-order chi connectivity index (χ1) is 20.0. The van der Waals surface area contributed by atoms with Crippen LogP contribution in [0.1, 0.15) is 13.7 Å². The Hall–Kier alpha value is -4.30. The number of hydrogen-bond acceptors (Lipinski definition) is 0. The maximum atomic E-state index is 9.07. The van der Waals surface area contributed by atoms with E-state index in [1.54, 1.807) is 30.3 Å². The Morgan fingerprint density at radius 2 is 1.44 bits per heavy atom. The average Bonchev–Trinajstić information content (AvgIpc) is 3.47. The van der Waals surface area contributed by atoms with Gasteiger partial charge < -0.3 is 9.55 Å². The lowest BCUT2D eigenvalue weighted by molar-refractivity contribution is 1.18. The molecule has 5 aromatic carbocycles. The molecule has 0 atom stereocenters. The molecule has 32 heavy (non-hydrogen) atoms. The maximum Gasteiger partial charge on any atom is 0.0646 e. The van der Waals surface area contributed by atoms with Gasteiger partial charge in [0.2, 0.25) is 0 Å². The van der Waals surface area contributed by atoms with E-state index in [1.165, 1.54) is 28.8 Å². The van der Waals surface area contributed by atoms with Gasteiger partial charge in [-0.15, -0.1) is 0 Å². The van der Waals surface area contributed by atoms with Crippen molar-refractivity contribution in [1.29, 1.82) is 0 Å². The Bertz CT molecular complexity index is 2290. The van der Waals surface area contributed by atoms with Crippen LogP contribution in [0.25, 0.3) is 60.4 Å². The Balaban J connectivity index is 1.71. The standard InChI is InChI=1S/C30H20N2/c1-2-8-20(9-3-1)21-14-16-22(17-15-21)32-27-13-7-5-11-24(27)30-28(32)19-18-26-29(30)23-10-4-6-12-25(23)31-26/h1-19,31H/i2D,4D,5D,11D,12D,13D,14D,15D,18D,19D. The van der Waals surface area contributed by atoms with Crippen LogP contribution in [0.2, 0.25) is 0 Å². The minimum Gasteiger partial charge on any atom is -0.354 e. The molecule has 2 aromatic heterocycles. The summed E-state index contributed by atoms with van der Waals surface area (Å²) in [5.74, 6) is 0. The highest BCUT2D eigenvalue weighted by Gasteiger charge is 2.17. The zero-order valence-corrected chi connectivity index (χ0v) is 16.6. The molecular formula is C30H20N2. The largest absolute Gasteiger partial charge is 0.354 e. The average molecular weight is 419 g/mol. The van der Waals surface area contributed by atoms with Gasteiger partial charge in [-0.2, -0.15) is 0 Å². The molecule has 0 spiro atoms. The lowest BCUT2D eigenvalue weighted by Crippen LogP contribution is -1.93. The predicted molar refractivity (Wildman–Crippen MR) is 136 cm³/mol. The highest BCUT2D eigenvalue weighted by atomic mass is 15.0. The van der Waals surface area contributed by atoms with E-state index < -0.39 is 0 Å². The van der Waals surface area contributed by atoms with E-state index >= 15 is 0 Å². The Morgan fingerprint density at radius 1 is 0.562 bits per heavy atom. The molecule has 2 heteroatoms. The number of para-hydroxylation sites is 2. The fourth-order valence-corrected chi connectivity index (χ4v) is 4.37. The van der Waals surface area contributed by atoms with Crippen molar-refractivity contribution in [2.75, 3.05) is 0 Å². The van der Waals surface area contributed by atoms with Crippen molar-refractivity contribution < 1.29 is 13.7 Å². The van der Waals surface area contributed by atoms with Gasteiger partial charge in [0.25, 0.3) is 0 Å². The van der Waals surface area contributed by atoms with Gasteiger partial charge in [-0.05, 0) is 47.4 Å². The fraction of sp³-hybridized carbons (Fsp3) is 0. The lowest BCUT2D eigenvalue weighted by Gasteiger charge is -2.09. The van der Waals surface area contributed by atoms with Crippen LogP contribution in [0.15, 0.2) is 115 Å². The van der Waals surface area contributed by atoms with Gasteiger partial charge in [-0.1, -0.05) is 78.7 Å². The molecule has 0 aliphatic rings. The van der Waals surface area contributed by atoms with Crippen LogP contribution in [0, 0.1) is 0 Å². The van der Waals surface area contributed by atoms with Crippen molar-refractivity contribution in [3.05, 3.63) is 115 Å². The first kappa shape index (κ1) is 10.3. The first-order valence-electron chi connectivity index (χ1n) is 15.1. The Morgan fingerprint density at radius 3 is 2.34 bits per heavy atom. The van der Waals surface area contributed by atoms with Crippen molar-refractivity contribution >= 4 is 43.6 Å². The highest BCUT2D eigenvalue weighted by Crippen LogP contribution is 2.39. The number of hydrogen-bond donors (Lipinski definition) is 1. The third-order valence-electron chi connectivity index (χ3n) is 5.75.